The zero-order valence-electron chi connectivity index (χ0n) is 16.5. The van der Waals surface area contributed by atoms with Gasteiger partial charge in [0.2, 0.25) is 5.91 Å². The van der Waals surface area contributed by atoms with Crippen molar-refractivity contribution in [2.24, 2.45) is 5.10 Å². The summed E-state index contributed by atoms with van der Waals surface area (Å²) in [6, 6.07) is 15.5. The summed E-state index contributed by atoms with van der Waals surface area (Å²) in [4.78, 5) is 12.1. The van der Waals surface area contributed by atoms with Crippen LogP contribution in [-0.4, -0.2) is 22.4 Å². The van der Waals surface area contributed by atoms with Gasteiger partial charge in [0, 0.05) is 32.9 Å². The Bertz CT molecular complexity index is 1100. The molecule has 0 aliphatic heterocycles. The lowest BCUT2D eigenvalue weighted by Gasteiger charge is -2.10. The van der Waals surface area contributed by atoms with E-state index in [4.69, 9.17) is 23.2 Å². The standard InChI is InChI=1S/C22H20BrCl2N3OS/c1-14-9-17(15(2)28(14)18-7-8-20(24)21(25)10-18)11-26-27-22(29)13-30-12-16-5-3-4-6-19(16)23/h3-11H,12-13H2,1-2H3,(H,27,29)/b26-11+. The molecule has 0 radical (unpaired) electrons. The predicted octanol–water partition coefficient (Wildman–Crippen LogP) is 6.55. The summed E-state index contributed by atoms with van der Waals surface area (Å²) >= 11 is 17.2. The van der Waals surface area contributed by atoms with E-state index < -0.39 is 0 Å². The molecule has 8 heteroatoms. The first-order valence-corrected chi connectivity index (χ1v) is 11.8. The van der Waals surface area contributed by atoms with Crippen molar-refractivity contribution in [1.82, 2.24) is 9.99 Å². The second-order valence-corrected chi connectivity index (χ2v) is 9.29. The van der Waals surface area contributed by atoms with E-state index in [0.717, 1.165) is 38.4 Å². The number of hydrazone groups is 1. The molecule has 3 rings (SSSR count). The van der Waals surface area contributed by atoms with Crippen LogP contribution in [0.1, 0.15) is 22.5 Å². The largest absolute Gasteiger partial charge is 0.318 e. The highest BCUT2D eigenvalue weighted by atomic mass is 79.9. The van der Waals surface area contributed by atoms with Crippen molar-refractivity contribution in [3.05, 3.63) is 85.6 Å². The summed E-state index contributed by atoms with van der Waals surface area (Å²) in [5.74, 6) is 0.950. The summed E-state index contributed by atoms with van der Waals surface area (Å²) in [6.45, 7) is 4.00. The fraction of sp³-hybridized carbons (Fsp3) is 0.182. The number of aryl methyl sites for hydroxylation is 1. The van der Waals surface area contributed by atoms with Crippen LogP contribution >= 0.6 is 50.9 Å². The molecule has 1 amide bonds. The molecular formula is C22H20BrCl2N3OS. The minimum atomic E-state index is -0.137. The van der Waals surface area contributed by atoms with E-state index in [1.54, 1.807) is 24.0 Å². The van der Waals surface area contributed by atoms with Gasteiger partial charge in [0.15, 0.2) is 0 Å². The van der Waals surface area contributed by atoms with Crippen LogP contribution in [0.5, 0.6) is 0 Å². The summed E-state index contributed by atoms with van der Waals surface area (Å²) in [5.41, 5.74) is 7.62. The fourth-order valence-electron chi connectivity index (χ4n) is 3.01. The van der Waals surface area contributed by atoms with Gasteiger partial charge in [-0.05, 0) is 49.7 Å². The number of thioether (sulfide) groups is 1. The smallest absolute Gasteiger partial charge is 0.250 e. The Kier molecular flexibility index (Phi) is 8.06. The first kappa shape index (κ1) is 22.9. The summed E-state index contributed by atoms with van der Waals surface area (Å²) < 4.78 is 3.12. The number of halogens is 3. The van der Waals surface area contributed by atoms with Crippen molar-refractivity contribution in [2.45, 2.75) is 19.6 Å². The number of nitrogens with zero attached hydrogens (tertiary/aromatic N) is 2. The van der Waals surface area contributed by atoms with E-state index >= 15 is 0 Å². The molecule has 0 unspecified atom stereocenters. The fourth-order valence-corrected chi connectivity index (χ4v) is 4.74. The maximum Gasteiger partial charge on any atom is 0.250 e. The molecule has 0 bridgehead atoms. The van der Waals surface area contributed by atoms with Crippen LogP contribution in [0.4, 0.5) is 0 Å². The van der Waals surface area contributed by atoms with Crippen molar-refractivity contribution >= 4 is 63.0 Å². The molecule has 1 aromatic heterocycles. The zero-order valence-corrected chi connectivity index (χ0v) is 20.4. The van der Waals surface area contributed by atoms with Gasteiger partial charge in [-0.15, -0.1) is 11.8 Å². The highest BCUT2D eigenvalue weighted by molar-refractivity contribution is 9.10. The molecule has 1 N–H and O–H groups in total. The minimum absolute atomic E-state index is 0.137. The Morgan fingerprint density at radius 3 is 2.67 bits per heavy atom. The Balaban J connectivity index is 1.59. The van der Waals surface area contributed by atoms with E-state index in [-0.39, 0.29) is 5.91 Å². The van der Waals surface area contributed by atoms with Crippen LogP contribution < -0.4 is 5.43 Å². The maximum atomic E-state index is 12.1. The number of hydrogen-bond donors (Lipinski definition) is 1. The Hall–Kier alpha value is -1.73. The van der Waals surface area contributed by atoms with Crippen LogP contribution in [-0.2, 0) is 10.5 Å². The minimum Gasteiger partial charge on any atom is -0.318 e. The maximum absolute atomic E-state index is 12.1. The van der Waals surface area contributed by atoms with E-state index in [1.807, 2.05) is 56.3 Å². The third-order valence-electron chi connectivity index (χ3n) is 4.47. The van der Waals surface area contributed by atoms with Gasteiger partial charge >= 0.3 is 0 Å². The first-order valence-electron chi connectivity index (χ1n) is 9.14. The monoisotopic (exact) mass is 523 g/mol. The molecule has 0 fully saturated rings. The van der Waals surface area contributed by atoms with E-state index in [1.165, 1.54) is 0 Å². The van der Waals surface area contributed by atoms with Crippen molar-refractivity contribution < 1.29 is 4.79 Å². The van der Waals surface area contributed by atoms with Crippen molar-refractivity contribution in [3.8, 4) is 5.69 Å². The molecule has 2 aromatic carbocycles. The number of nitrogens with one attached hydrogen (secondary N) is 1. The third-order valence-corrected chi connectivity index (χ3v) is 6.97. The van der Waals surface area contributed by atoms with Crippen molar-refractivity contribution in [3.63, 3.8) is 0 Å². The van der Waals surface area contributed by atoms with Crippen LogP contribution in [0.25, 0.3) is 5.69 Å². The highest BCUT2D eigenvalue weighted by Crippen LogP contribution is 2.27. The molecule has 30 heavy (non-hydrogen) atoms. The molecule has 0 spiro atoms. The number of rotatable bonds is 7. The normalized spacial score (nSPS) is 11.2. The SMILES string of the molecule is Cc1cc(/C=N/NC(=O)CSCc2ccccc2Br)c(C)n1-c1ccc(Cl)c(Cl)c1. The number of carbonyl (C=O) groups is 1. The van der Waals surface area contributed by atoms with Crippen LogP contribution in [0, 0.1) is 13.8 Å². The highest BCUT2D eigenvalue weighted by Gasteiger charge is 2.11. The lowest BCUT2D eigenvalue weighted by Crippen LogP contribution is -2.19. The van der Waals surface area contributed by atoms with Crippen molar-refractivity contribution in [2.75, 3.05) is 5.75 Å². The number of hydrogen-bond acceptors (Lipinski definition) is 3. The van der Waals surface area contributed by atoms with Crippen LogP contribution in [0.15, 0.2) is 58.1 Å². The summed E-state index contributed by atoms with van der Waals surface area (Å²) in [5, 5.41) is 5.14. The Morgan fingerprint density at radius 1 is 1.17 bits per heavy atom. The van der Waals surface area contributed by atoms with Gasteiger partial charge in [0.1, 0.15) is 0 Å². The lowest BCUT2D eigenvalue weighted by atomic mass is 10.2. The van der Waals surface area contributed by atoms with E-state index in [9.17, 15) is 4.79 Å². The van der Waals surface area contributed by atoms with E-state index in [0.29, 0.717) is 15.8 Å². The molecule has 4 nitrogen and oxygen atoms in total. The lowest BCUT2D eigenvalue weighted by molar-refractivity contribution is -0.118. The van der Waals surface area contributed by atoms with Gasteiger partial charge in [-0.1, -0.05) is 57.3 Å². The number of aromatic nitrogens is 1. The third kappa shape index (κ3) is 5.70. The number of amides is 1. The zero-order chi connectivity index (χ0) is 21.7. The van der Waals surface area contributed by atoms with Crippen LogP contribution in [0.2, 0.25) is 10.0 Å². The van der Waals surface area contributed by atoms with Gasteiger partial charge in [0.05, 0.1) is 22.0 Å². The Labute approximate surface area is 198 Å². The summed E-state index contributed by atoms with van der Waals surface area (Å²) in [6.07, 6.45) is 1.66. The second-order valence-electron chi connectivity index (χ2n) is 6.64. The Morgan fingerprint density at radius 2 is 1.93 bits per heavy atom. The first-order chi connectivity index (χ1) is 14.4. The van der Waals surface area contributed by atoms with Gasteiger partial charge in [-0.2, -0.15) is 5.10 Å². The molecule has 0 atom stereocenters. The van der Waals surface area contributed by atoms with Gasteiger partial charge in [-0.25, -0.2) is 5.43 Å². The van der Waals surface area contributed by atoms with Gasteiger partial charge in [0.25, 0.3) is 0 Å². The topological polar surface area (TPSA) is 46.4 Å². The molecule has 1 heterocycles. The molecule has 0 aliphatic rings. The molecular weight excluding hydrogens is 505 g/mol. The van der Waals surface area contributed by atoms with Crippen molar-refractivity contribution in [1.29, 1.82) is 0 Å². The summed E-state index contributed by atoms with van der Waals surface area (Å²) in [7, 11) is 0. The molecule has 3 aromatic rings. The molecule has 156 valence electrons. The molecule has 0 saturated heterocycles. The molecule has 0 aliphatic carbocycles. The predicted molar refractivity (Wildman–Crippen MR) is 131 cm³/mol. The average molecular weight is 525 g/mol. The second kappa shape index (κ2) is 10.5. The van der Waals surface area contributed by atoms with Crippen LogP contribution in [0.3, 0.4) is 0 Å². The van der Waals surface area contributed by atoms with Gasteiger partial charge in [-0.3, -0.25) is 4.79 Å². The average Bonchev–Trinajstić information content (AvgIpc) is 2.99. The quantitative estimate of drug-likeness (QED) is 0.281. The van der Waals surface area contributed by atoms with Gasteiger partial charge < -0.3 is 4.57 Å². The number of benzene rings is 2. The molecule has 0 saturated carbocycles. The number of carbonyl (C=O) groups excluding carboxylic acids is 1. The van der Waals surface area contributed by atoms with E-state index in [2.05, 4.69) is 31.0 Å².